The van der Waals surface area contributed by atoms with E-state index < -0.39 is 5.82 Å². The minimum Gasteiger partial charge on any atom is -0.454 e. The molecule has 0 fully saturated rings. The van der Waals surface area contributed by atoms with Crippen LogP contribution in [-0.4, -0.2) is 0 Å². The van der Waals surface area contributed by atoms with Crippen LogP contribution in [0.1, 0.15) is 31.9 Å². The van der Waals surface area contributed by atoms with Crippen molar-refractivity contribution in [3.05, 3.63) is 57.8 Å². The van der Waals surface area contributed by atoms with E-state index in [9.17, 15) is 4.39 Å². The molecule has 4 heteroatoms. The molecule has 2 aromatic rings. The molecule has 0 saturated heterocycles. The predicted octanol–water partition coefficient (Wildman–Crippen LogP) is 5.55. The van der Waals surface area contributed by atoms with Crippen molar-refractivity contribution in [1.82, 2.24) is 0 Å². The molecule has 0 aliphatic carbocycles. The second-order valence-corrected chi connectivity index (χ2v) is 6.52. The van der Waals surface area contributed by atoms with E-state index in [4.69, 9.17) is 10.00 Å². The van der Waals surface area contributed by atoms with Crippen LogP contribution < -0.4 is 4.74 Å². The summed E-state index contributed by atoms with van der Waals surface area (Å²) in [6.07, 6.45) is 0. The number of benzene rings is 2. The minimum absolute atomic E-state index is 0.0568. The second kappa shape index (κ2) is 5.87. The van der Waals surface area contributed by atoms with Gasteiger partial charge in [-0.2, -0.15) is 5.26 Å². The average Bonchev–Trinajstić information content (AvgIpc) is 2.44. The molecule has 0 spiro atoms. The lowest BCUT2D eigenvalue weighted by Crippen LogP contribution is -2.10. The summed E-state index contributed by atoms with van der Waals surface area (Å²) in [5, 5.41) is 8.84. The number of hydrogen-bond acceptors (Lipinski definition) is 2. The lowest BCUT2D eigenvalue weighted by Gasteiger charge is -2.19. The summed E-state index contributed by atoms with van der Waals surface area (Å²) in [5.41, 5.74) is 1.47. The van der Waals surface area contributed by atoms with Gasteiger partial charge in [-0.1, -0.05) is 32.9 Å². The Morgan fingerprint density at radius 1 is 1.10 bits per heavy atom. The summed E-state index contributed by atoms with van der Waals surface area (Å²) >= 11 is 3.06. The van der Waals surface area contributed by atoms with E-state index in [1.54, 1.807) is 0 Å². The van der Waals surface area contributed by atoms with Crippen LogP contribution >= 0.6 is 15.9 Å². The molecule has 2 aromatic carbocycles. The lowest BCUT2D eigenvalue weighted by molar-refractivity contribution is 0.439. The van der Waals surface area contributed by atoms with Gasteiger partial charge in [-0.05, 0) is 51.2 Å². The molecule has 0 heterocycles. The van der Waals surface area contributed by atoms with E-state index in [-0.39, 0.29) is 21.2 Å². The van der Waals surface area contributed by atoms with Crippen LogP contribution in [0.15, 0.2) is 40.9 Å². The van der Waals surface area contributed by atoms with Crippen molar-refractivity contribution < 1.29 is 9.13 Å². The van der Waals surface area contributed by atoms with Gasteiger partial charge in [-0.25, -0.2) is 4.39 Å². The Hall–Kier alpha value is -1.86. The fourth-order valence-corrected chi connectivity index (χ4v) is 2.26. The van der Waals surface area contributed by atoms with Crippen molar-refractivity contribution in [2.45, 2.75) is 26.2 Å². The molecule has 0 aliphatic rings. The van der Waals surface area contributed by atoms with Crippen LogP contribution in [0.2, 0.25) is 0 Å². The second-order valence-electron chi connectivity index (χ2n) is 5.73. The fourth-order valence-electron chi connectivity index (χ4n) is 1.85. The van der Waals surface area contributed by atoms with Gasteiger partial charge < -0.3 is 4.74 Å². The Kier molecular flexibility index (Phi) is 4.34. The van der Waals surface area contributed by atoms with Crippen LogP contribution in [0.3, 0.4) is 0 Å². The highest BCUT2D eigenvalue weighted by molar-refractivity contribution is 9.10. The summed E-state index contributed by atoms with van der Waals surface area (Å²) in [6.45, 7) is 6.38. The number of nitriles is 1. The normalized spacial score (nSPS) is 11.0. The van der Waals surface area contributed by atoms with E-state index in [0.29, 0.717) is 5.75 Å². The summed E-state index contributed by atoms with van der Waals surface area (Å²) in [6, 6.07) is 12.4. The topological polar surface area (TPSA) is 33.0 Å². The van der Waals surface area contributed by atoms with E-state index in [2.05, 4.69) is 36.7 Å². The van der Waals surface area contributed by atoms with Crippen LogP contribution in [-0.2, 0) is 5.41 Å². The fraction of sp³-hybridized carbons (Fsp3) is 0.235. The molecule has 0 atom stereocenters. The summed E-state index contributed by atoms with van der Waals surface area (Å²) in [4.78, 5) is 0. The van der Waals surface area contributed by atoms with Gasteiger partial charge in [0, 0.05) is 0 Å². The molecule has 0 amide bonds. The van der Waals surface area contributed by atoms with Gasteiger partial charge in [0.2, 0.25) is 0 Å². The molecule has 21 heavy (non-hydrogen) atoms. The van der Waals surface area contributed by atoms with Gasteiger partial charge in [0.1, 0.15) is 11.8 Å². The molecule has 0 bridgehead atoms. The van der Waals surface area contributed by atoms with Crippen molar-refractivity contribution in [1.29, 1.82) is 5.26 Å². The Balaban J connectivity index is 2.27. The zero-order valence-corrected chi connectivity index (χ0v) is 13.7. The van der Waals surface area contributed by atoms with Gasteiger partial charge in [-0.3, -0.25) is 0 Å². The molecule has 0 aliphatic heterocycles. The zero-order valence-electron chi connectivity index (χ0n) is 12.1. The maximum atomic E-state index is 14.1. The predicted molar refractivity (Wildman–Crippen MR) is 84.0 cm³/mol. The van der Waals surface area contributed by atoms with Gasteiger partial charge in [-0.15, -0.1) is 0 Å². The van der Waals surface area contributed by atoms with Crippen LogP contribution in [0.4, 0.5) is 4.39 Å². The molecule has 0 saturated carbocycles. The number of halogens is 2. The summed E-state index contributed by atoms with van der Waals surface area (Å²) < 4.78 is 19.7. The summed E-state index contributed by atoms with van der Waals surface area (Å²) in [5.74, 6) is 0.0665. The van der Waals surface area contributed by atoms with Gasteiger partial charge >= 0.3 is 0 Å². The highest BCUT2D eigenvalue weighted by Crippen LogP contribution is 2.32. The number of hydrogen-bond donors (Lipinski definition) is 0. The third-order valence-electron chi connectivity index (χ3n) is 3.12. The highest BCUT2D eigenvalue weighted by Gasteiger charge is 2.15. The molecule has 0 N–H and O–H groups in total. The highest BCUT2D eigenvalue weighted by atomic mass is 79.9. The third kappa shape index (κ3) is 3.43. The molecule has 0 unspecified atom stereocenters. The van der Waals surface area contributed by atoms with Gasteiger partial charge in [0.15, 0.2) is 11.6 Å². The molecule has 2 rings (SSSR count). The largest absolute Gasteiger partial charge is 0.454 e. The van der Waals surface area contributed by atoms with E-state index in [0.717, 1.165) is 0 Å². The standard InChI is InChI=1S/C17H15BrFNO/c1-17(2,3)12-5-7-13(8-6-12)21-14-9-4-11(10-20)15(18)16(14)19/h4-9H,1-3H3. The van der Waals surface area contributed by atoms with Crippen molar-refractivity contribution in [2.75, 3.05) is 0 Å². The molecular formula is C17H15BrFNO. The molecule has 108 valence electrons. The maximum absolute atomic E-state index is 14.1. The van der Waals surface area contributed by atoms with Gasteiger partial charge in [0.05, 0.1) is 10.0 Å². The van der Waals surface area contributed by atoms with Crippen molar-refractivity contribution in [2.24, 2.45) is 0 Å². The van der Waals surface area contributed by atoms with Crippen LogP contribution in [0.25, 0.3) is 0 Å². The Morgan fingerprint density at radius 3 is 2.24 bits per heavy atom. The molecular weight excluding hydrogens is 333 g/mol. The number of nitrogens with zero attached hydrogens (tertiary/aromatic N) is 1. The average molecular weight is 348 g/mol. The number of rotatable bonds is 2. The molecule has 2 nitrogen and oxygen atoms in total. The first-order valence-electron chi connectivity index (χ1n) is 6.49. The van der Waals surface area contributed by atoms with E-state index >= 15 is 0 Å². The van der Waals surface area contributed by atoms with Gasteiger partial charge in [0.25, 0.3) is 0 Å². The SMILES string of the molecule is CC(C)(C)c1ccc(Oc2ccc(C#N)c(Br)c2F)cc1. The smallest absolute Gasteiger partial charge is 0.181 e. The Morgan fingerprint density at radius 2 is 1.71 bits per heavy atom. The molecule has 0 aromatic heterocycles. The lowest BCUT2D eigenvalue weighted by atomic mass is 9.87. The Labute approximate surface area is 132 Å². The summed E-state index contributed by atoms with van der Waals surface area (Å²) in [7, 11) is 0. The van der Waals surface area contributed by atoms with Crippen LogP contribution in [0, 0.1) is 17.1 Å². The third-order valence-corrected chi connectivity index (χ3v) is 3.89. The first-order chi connectivity index (χ1) is 9.82. The van der Waals surface area contributed by atoms with Crippen molar-refractivity contribution in [3.8, 4) is 17.6 Å². The van der Waals surface area contributed by atoms with Crippen molar-refractivity contribution in [3.63, 3.8) is 0 Å². The van der Waals surface area contributed by atoms with E-state index in [1.165, 1.54) is 17.7 Å². The van der Waals surface area contributed by atoms with Crippen molar-refractivity contribution >= 4 is 15.9 Å². The zero-order chi connectivity index (χ0) is 15.6. The Bertz CT molecular complexity index is 696. The number of ether oxygens (including phenoxy) is 1. The monoisotopic (exact) mass is 347 g/mol. The quantitative estimate of drug-likeness (QED) is 0.713. The first kappa shape index (κ1) is 15.5. The van der Waals surface area contributed by atoms with E-state index in [1.807, 2.05) is 30.3 Å². The minimum atomic E-state index is -0.575. The maximum Gasteiger partial charge on any atom is 0.181 e. The van der Waals surface area contributed by atoms with Crippen LogP contribution in [0.5, 0.6) is 11.5 Å². The molecule has 0 radical (unpaired) electrons. The first-order valence-corrected chi connectivity index (χ1v) is 7.28.